The lowest BCUT2D eigenvalue weighted by Gasteiger charge is -2.06. The first-order valence-corrected chi connectivity index (χ1v) is 10.3. The molecule has 0 spiro atoms. The van der Waals surface area contributed by atoms with Crippen molar-refractivity contribution in [3.63, 3.8) is 0 Å². The Balaban J connectivity index is 2.19. The monoisotopic (exact) mass is 476 g/mol. The van der Waals surface area contributed by atoms with E-state index in [1.807, 2.05) is 0 Å². The van der Waals surface area contributed by atoms with Gasteiger partial charge in [0.25, 0.3) is 5.91 Å². The maximum atomic E-state index is 12.7. The van der Waals surface area contributed by atoms with Crippen LogP contribution < -0.4 is 4.80 Å². The van der Waals surface area contributed by atoms with E-state index in [9.17, 15) is 9.59 Å². The van der Waals surface area contributed by atoms with Crippen molar-refractivity contribution in [2.24, 2.45) is 4.99 Å². The number of hydrogen-bond donors (Lipinski definition) is 0. The van der Waals surface area contributed by atoms with E-state index >= 15 is 0 Å². The predicted octanol–water partition coefficient (Wildman–Crippen LogP) is 5.62. The molecule has 0 radical (unpaired) electrons. The Kier molecular flexibility index (Phi) is 6.68. The van der Waals surface area contributed by atoms with Gasteiger partial charge in [-0.1, -0.05) is 57.7 Å². The molecule has 2 aromatic carbocycles. The molecular weight excluding hydrogens is 466 g/mol. The molecule has 0 N–H and O–H groups in total. The quantitative estimate of drug-likeness (QED) is 0.458. The second kappa shape index (κ2) is 8.84. The second-order valence-corrected chi connectivity index (χ2v) is 8.25. The van der Waals surface area contributed by atoms with Crippen molar-refractivity contribution in [3.8, 4) is 0 Å². The number of hydrogen-bond acceptors (Lipinski definition) is 4. The molecule has 0 aliphatic heterocycles. The van der Waals surface area contributed by atoms with Crippen LogP contribution in [0.4, 0.5) is 0 Å². The van der Waals surface area contributed by atoms with Crippen LogP contribution in [0.25, 0.3) is 10.2 Å². The van der Waals surface area contributed by atoms with Gasteiger partial charge in [-0.2, -0.15) is 4.99 Å². The zero-order valence-corrected chi connectivity index (χ0v) is 18.2. The number of thiazole rings is 1. The Hall–Kier alpha value is -1.57. The van der Waals surface area contributed by atoms with Gasteiger partial charge in [-0.15, -0.1) is 0 Å². The molecule has 3 rings (SSSR count). The van der Waals surface area contributed by atoms with E-state index in [2.05, 4.69) is 4.99 Å². The van der Waals surface area contributed by atoms with Crippen molar-refractivity contribution in [1.29, 1.82) is 0 Å². The molecule has 1 heterocycles. The molecule has 0 saturated carbocycles. The highest BCUT2D eigenvalue weighted by Crippen LogP contribution is 2.30. The lowest BCUT2D eigenvalue weighted by molar-refractivity contribution is -0.143. The Labute approximate surface area is 184 Å². The minimum atomic E-state index is -0.598. The van der Waals surface area contributed by atoms with Crippen molar-refractivity contribution in [1.82, 2.24) is 4.57 Å². The average molecular weight is 478 g/mol. The summed E-state index contributed by atoms with van der Waals surface area (Å²) in [6.07, 6.45) is 0. The number of aromatic nitrogens is 1. The van der Waals surface area contributed by atoms with Gasteiger partial charge in [-0.25, -0.2) is 0 Å². The summed E-state index contributed by atoms with van der Waals surface area (Å²) in [6.45, 7) is 1.77. The molecule has 0 unspecified atom stereocenters. The van der Waals surface area contributed by atoms with Crippen LogP contribution in [0.5, 0.6) is 0 Å². The maximum Gasteiger partial charge on any atom is 0.326 e. The third-order valence-corrected chi connectivity index (χ3v) is 5.74. The first kappa shape index (κ1) is 21.1. The molecule has 1 amide bonds. The molecule has 28 heavy (non-hydrogen) atoms. The molecule has 3 aromatic rings. The number of carbonyl (C=O) groups is 2. The van der Waals surface area contributed by atoms with E-state index in [1.54, 1.807) is 25.1 Å². The van der Waals surface area contributed by atoms with Crippen molar-refractivity contribution in [3.05, 3.63) is 60.8 Å². The Bertz CT molecular complexity index is 1150. The highest BCUT2D eigenvalue weighted by molar-refractivity contribution is 7.16. The summed E-state index contributed by atoms with van der Waals surface area (Å²) >= 11 is 25.6. The minimum Gasteiger partial charge on any atom is -0.465 e. The van der Waals surface area contributed by atoms with Gasteiger partial charge in [0, 0.05) is 10.0 Å². The van der Waals surface area contributed by atoms with E-state index < -0.39 is 11.9 Å². The zero-order valence-electron chi connectivity index (χ0n) is 14.3. The topological polar surface area (TPSA) is 60.7 Å². The number of benzene rings is 2. The summed E-state index contributed by atoms with van der Waals surface area (Å²) < 4.78 is 7.21. The summed E-state index contributed by atoms with van der Waals surface area (Å²) in [6, 6.07) is 7.76. The Morgan fingerprint density at radius 2 is 1.82 bits per heavy atom. The number of ether oxygens (including phenoxy) is 1. The normalized spacial score (nSPS) is 11.8. The van der Waals surface area contributed by atoms with E-state index in [1.165, 1.54) is 28.0 Å². The predicted molar refractivity (Wildman–Crippen MR) is 113 cm³/mol. The molecule has 0 aliphatic rings. The van der Waals surface area contributed by atoms with Gasteiger partial charge in [0.15, 0.2) is 4.80 Å². The van der Waals surface area contributed by atoms with Gasteiger partial charge in [0.2, 0.25) is 0 Å². The van der Waals surface area contributed by atoms with Gasteiger partial charge < -0.3 is 9.30 Å². The van der Waals surface area contributed by atoms with Crippen molar-refractivity contribution in [2.45, 2.75) is 13.5 Å². The van der Waals surface area contributed by atoms with Gasteiger partial charge in [0.05, 0.1) is 32.4 Å². The smallest absolute Gasteiger partial charge is 0.326 e. The number of halogens is 4. The first-order chi connectivity index (χ1) is 13.3. The number of carbonyl (C=O) groups excluding carboxylic acids is 2. The molecule has 0 aliphatic carbocycles. The fourth-order valence-corrected chi connectivity index (χ4v) is 4.69. The standard InChI is InChI=1S/C18H12Cl4N2O3S/c1-2-27-15(25)8-24-16-13(22)6-10(20)7-14(16)28-18(24)23-17(26)11-5-9(19)3-4-12(11)21/h3-7H,2,8H2,1H3. The molecule has 146 valence electrons. The summed E-state index contributed by atoms with van der Waals surface area (Å²) in [5.41, 5.74) is 0.686. The maximum absolute atomic E-state index is 12.7. The molecule has 1 aromatic heterocycles. The largest absolute Gasteiger partial charge is 0.465 e. The van der Waals surface area contributed by atoms with Crippen molar-refractivity contribution in [2.75, 3.05) is 6.61 Å². The van der Waals surface area contributed by atoms with Crippen LogP contribution in [0.1, 0.15) is 17.3 Å². The van der Waals surface area contributed by atoms with Gasteiger partial charge in [-0.05, 0) is 37.3 Å². The highest BCUT2D eigenvalue weighted by Gasteiger charge is 2.17. The van der Waals surface area contributed by atoms with Gasteiger partial charge in [-0.3, -0.25) is 9.59 Å². The third kappa shape index (κ3) is 4.53. The number of esters is 1. The van der Waals surface area contributed by atoms with E-state index in [4.69, 9.17) is 51.1 Å². The van der Waals surface area contributed by atoms with Gasteiger partial charge in [0.1, 0.15) is 6.54 Å². The first-order valence-electron chi connectivity index (χ1n) is 7.98. The van der Waals surface area contributed by atoms with Crippen LogP contribution in [0.2, 0.25) is 20.1 Å². The molecule has 5 nitrogen and oxygen atoms in total. The summed E-state index contributed by atoms with van der Waals surface area (Å²) in [5.74, 6) is -1.08. The number of amides is 1. The summed E-state index contributed by atoms with van der Waals surface area (Å²) in [4.78, 5) is 29.2. The average Bonchev–Trinajstić information content (AvgIpc) is 2.94. The SMILES string of the molecule is CCOC(=O)Cn1c(=NC(=O)c2cc(Cl)ccc2Cl)sc2cc(Cl)cc(Cl)c21. The Morgan fingerprint density at radius 3 is 2.54 bits per heavy atom. The van der Waals surface area contributed by atoms with Crippen LogP contribution in [0.15, 0.2) is 35.3 Å². The van der Waals surface area contributed by atoms with E-state index in [-0.39, 0.29) is 28.5 Å². The van der Waals surface area contributed by atoms with Crippen LogP contribution in [0.3, 0.4) is 0 Å². The van der Waals surface area contributed by atoms with Crippen molar-refractivity contribution >= 4 is 79.8 Å². The number of rotatable bonds is 4. The molecule has 0 saturated heterocycles. The molecular formula is C18H12Cl4N2O3S. The molecule has 0 atom stereocenters. The van der Waals surface area contributed by atoms with Crippen molar-refractivity contribution < 1.29 is 14.3 Å². The fraction of sp³-hybridized carbons (Fsp3) is 0.167. The number of nitrogens with zero attached hydrogens (tertiary/aromatic N) is 2. The highest BCUT2D eigenvalue weighted by atomic mass is 35.5. The Morgan fingerprint density at radius 1 is 1.07 bits per heavy atom. The molecule has 10 heteroatoms. The number of fused-ring (bicyclic) bond motifs is 1. The van der Waals surface area contributed by atoms with Crippen LogP contribution in [-0.2, 0) is 16.1 Å². The third-order valence-electron chi connectivity index (χ3n) is 3.64. The zero-order chi connectivity index (χ0) is 20.4. The lowest BCUT2D eigenvalue weighted by Crippen LogP contribution is -2.23. The van der Waals surface area contributed by atoms with Crippen LogP contribution in [-0.4, -0.2) is 23.1 Å². The van der Waals surface area contributed by atoms with E-state index in [0.717, 1.165) is 0 Å². The minimum absolute atomic E-state index is 0.151. The fourth-order valence-electron chi connectivity index (χ4n) is 2.51. The summed E-state index contributed by atoms with van der Waals surface area (Å²) in [7, 11) is 0. The van der Waals surface area contributed by atoms with Crippen LogP contribution >= 0.6 is 57.7 Å². The van der Waals surface area contributed by atoms with Gasteiger partial charge >= 0.3 is 5.97 Å². The molecule has 0 bridgehead atoms. The van der Waals surface area contributed by atoms with E-state index in [0.29, 0.717) is 25.3 Å². The second-order valence-electron chi connectivity index (χ2n) is 5.55. The van der Waals surface area contributed by atoms with Crippen LogP contribution in [0, 0.1) is 0 Å². The lowest BCUT2D eigenvalue weighted by atomic mass is 10.2. The summed E-state index contributed by atoms with van der Waals surface area (Å²) in [5, 5.41) is 1.33. The molecule has 0 fully saturated rings.